The largest absolute Gasteiger partial charge is 0.510 e. The van der Waals surface area contributed by atoms with E-state index in [1.165, 1.54) is 0 Å². The average molecular weight is 270 g/mol. The topological polar surface area (TPSA) is 52.6 Å². The molecule has 0 saturated carbocycles. The van der Waals surface area contributed by atoms with E-state index in [0.29, 0.717) is 0 Å². The molecule has 0 fully saturated rings. The molecule has 8 heteroatoms. The van der Waals surface area contributed by atoms with E-state index in [1.807, 2.05) is 0 Å². The summed E-state index contributed by atoms with van der Waals surface area (Å²) in [6.07, 6.45) is -10.6. The molecule has 0 aromatic heterocycles. The number of hydrogen-bond donors (Lipinski definition) is 0. The second-order valence-electron chi connectivity index (χ2n) is 3.37. The summed E-state index contributed by atoms with van der Waals surface area (Å²) in [7, 11) is 0. The van der Waals surface area contributed by atoms with Crippen LogP contribution < -0.4 is 0 Å². The van der Waals surface area contributed by atoms with Crippen molar-refractivity contribution in [3.05, 3.63) is 24.3 Å². The van der Waals surface area contributed by atoms with Crippen LogP contribution in [0.15, 0.2) is 24.3 Å². The van der Waals surface area contributed by atoms with Crippen molar-refractivity contribution in [2.75, 3.05) is 0 Å². The van der Waals surface area contributed by atoms with Crippen molar-refractivity contribution in [2.45, 2.75) is 26.1 Å². The summed E-state index contributed by atoms with van der Waals surface area (Å²) >= 11 is 0. The molecule has 18 heavy (non-hydrogen) atoms. The Bertz CT molecular complexity index is 363. The first-order valence-electron chi connectivity index (χ1n) is 4.44. The van der Waals surface area contributed by atoms with E-state index in [9.17, 15) is 27.2 Å². The van der Waals surface area contributed by atoms with Crippen LogP contribution >= 0.6 is 0 Å². The van der Waals surface area contributed by atoms with Gasteiger partial charge < -0.3 is 9.47 Å². The second kappa shape index (κ2) is 5.19. The molecule has 0 rings (SSSR count). The fraction of sp³-hybridized carbons (Fsp3) is 0.400. The molecule has 0 bridgehead atoms. The highest BCUT2D eigenvalue weighted by molar-refractivity contribution is 5.88. The minimum Gasteiger partial charge on any atom is -0.390 e. The van der Waals surface area contributed by atoms with Crippen LogP contribution in [-0.2, 0) is 19.1 Å². The Kier molecular flexibility index (Phi) is 4.66. The molecule has 0 heterocycles. The Morgan fingerprint density at radius 3 is 1.22 bits per heavy atom. The Labute approximate surface area is 99.9 Å². The number of halogens is 4. The molecule has 0 aliphatic heterocycles. The maximum atomic E-state index is 12.9. The van der Waals surface area contributed by atoms with Crippen LogP contribution in [0, 0.1) is 0 Å². The lowest BCUT2D eigenvalue weighted by Crippen LogP contribution is -2.47. The van der Waals surface area contributed by atoms with Crippen molar-refractivity contribution < 1.29 is 36.6 Å². The molecule has 0 amide bonds. The molecule has 4 nitrogen and oxygen atoms in total. The molecule has 0 aliphatic rings. The normalized spacial score (nSPS) is 11.7. The standard InChI is InChI=1S/C10H10F4O4/c1-5(2)7(15)17-9(11,12)10(13,14)18-8(16)6(3)4/h1,3H2,2,4H3. The first-order chi connectivity index (χ1) is 7.90. The van der Waals surface area contributed by atoms with Gasteiger partial charge in [-0.05, 0) is 13.8 Å². The van der Waals surface area contributed by atoms with Gasteiger partial charge in [0.05, 0.1) is 0 Å². The van der Waals surface area contributed by atoms with Crippen molar-refractivity contribution in [1.29, 1.82) is 0 Å². The van der Waals surface area contributed by atoms with E-state index in [1.54, 1.807) is 0 Å². The zero-order valence-corrected chi connectivity index (χ0v) is 9.56. The molecule has 0 atom stereocenters. The number of esters is 2. The maximum Gasteiger partial charge on any atom is 0.510 e. The number of ether oxygens (including phenoxy) is 2. The number of hydrogen-bond acceptors (Lipinski definition) is 4. The molecule has 0 N–H and O–H groups in total. The first kappa shape index (κ1) is 16.1. The van der Waals surface area contributed by atoms with Gasteiger partial charge in [0.15, 0.2) is 0 Å². The predicted octanol–water partition coefficient (Wildman–Crippen LogP) is 2.41. The van der Waals surface area contributed by atoms with E-state index in [2.05, 4.69) is 22.6 Å². The molecular weight excluding hydrogens is 260 g/mol. The SMILES string of the molecule is C=C(C)C(=O)OC(F)(F)C(F)(F)OC(=O)C(=C)C. The third-order valence-electron chi connectivity index (χ3n) is 1.48. The van der Waals surface area contributed by atoms with Gasteiger partial charge in [-0.25, -0.2) is 9.59 Å². The van der Waals surface area contributed by atoms with Crippen LogP contribution in [0.2, 0.25) is 0 Å². The summed E-state index contributed by atoms with van der Waals surface area (Å²) < 4.78 is 58.0. The van der Waals surface area contributed by atoms with Gasteiger partial charge in [0.25, 0.3) is 0 Å². The van der Waals surface area contributed by atoms with Gasteiger partial charge in [-0.1, -0.05) is 13.2 Å². The highest BCUT2D eigenvalue weighted by atomic mass is 19.3. The third kappa shape index (κ3) is 3.86. The van der Waals surface area contributed by atoms with Crippen LogP contribution in [0.1, 0.15) is 13.8 Å². The van der Waals surface area contributed by atoms with E-state index in [-0.39, 0.29) is 0 Å². The van der Waals surface area contributed by atoms with E-state index < -0.39 is 35.3 Å². The van der Waals surface area contributed by atoms with Crippen LogP contribution in [-0.4, -0.2) is 24.2 Å². The lowest BCUT2D eigenvalue weighted by atomic mass is 10.3. The summed E-state index contributed by atoms with van der Waals surface area (Å²) in [5.74, 6) is -3.49. The molecular formula is C10H10F4O4. The van der Waals surface area contributed by atoms with Gasteiger partial charge >= 0.3 is 24.2 Å². The summed E-state index contributed by atoms with van der Waals surface area (Å²) in [6.45, 7) is 7.84. The number of carbonyl (C=O) groups excluding carboxylic acids is 2. The fourth-order valence-electron chi connectivity index (χ4n) is 0.526. The fourth-order valence-corrected chi connectivity index (χ4v) is 0.526. The number of rotatable bonds is 5. The second-order valence-corrected chi connectivity index (χ2v) is 3.37. The van der Waals surface area contributed by atoms with Gasteiger partial charge in [-0.3, -0.25) is 0 Å². The highest BCUT2D eigenvalue weighted by Gasteiger charge is 2.64. The lowest BCUT2D eigenvalue weighted by molar-refractivity contribution is -0.403. The Morgan fingerprint density at radius 2 is 1.06 bits per heavy atom. The molecule has 0 aromatic rings. The van der Waals surface area contributed by atoms with Crippen molar-refractivity contribution in [1.82, 2.24) is 0 Å². The van der Waals surface area contributed by atoms with Crippen LogP contribution in [0.4, 0.5) is 17.6 Å². The van der Waals surface area contributed by atoms with E-state index in [0.717, 1.165) is 13.8 Å². The predicted molar refractivity (Wildman–Crippen MR) is 51.7 cm³/mol. The molecule has 0 unspecified atom stereocenters. The van der Waals surface area contributed by atoms with Crippen molar-refractivity contribution >= 4 is 11.9 Å². The van der Waals surface area contributed by atoms with Gasteiger partial charge in [0.2, 0.25) is 0 Å². The minimum absolute atomic E-state index is 0.517. The maximum absolute atomic E-state index is 12.9. The van der Waals surface area contributed by atoms with Crippen molar-refractivity contribution in [2.24, 2.45) is 0 Å². The Balaban J connectivity index is 4.96. The molecule has 0 spiro atoms. The zero-order valence-electron chi connectivity index (χ0n) is 9.56. The zero-order chi connectivity index (χ0) is 14.7. The highest BCUT2D eigenvalue weighted by Crippen LogP contribution is 2.37. The average Bonchev–Trinajstić information content (AvgIpc) is 2.15. The molecule has 0 aliphatic carbocycles. The van der Waals surface area contributed by atoms with Crippen molar-refractivity contribution in [3.8, 4) is 0 Å². The van der Waals surface area contributed by atoms with E-state index in [4.69, 9.17) is 0 Å². The van der Waals surface area contributed by atoms with Crippen LogP contribution in [0.25, 0.3) is 0 Å². The summed E-state index contributed by atoms with van der Waals surface area (Å²) in [5, 5.41) is 0. The first-order valence-corrected chi connectivity index (χ1v) is 4.44. The monoisotopic (exact) mass is 270 g/mol. The van der Waals surface area contributed by atoms with Crippen LogP contribution in [0.3, 0.4) is 0 Å². The van der Waals surface area contributed by atoms with Crippen LogP contribution in [0.5, 0.6) is 0 Å². The minimum atomic E-state index is -5.31. The van der Waals surface area contributed by atoms with Gasteiger partial charge in [-0.2, -0.15) is 17.6 Å². The molecule has 0 saturated heterocycles. The Morgan fingerprint density at radius 1 is 0.833 bits per heavy atom. The van der Waals surface area contributed by atoms with Gasteiger partial charge in [0, 0.05) is 11.1 Å². The van der Waals surface area contributed by atoms with Crippen molar-refractivity contribution in [3.63, 3.8) is 0 Å². The van der Waals surface area contributed by atoms with E-state index >= 15 is 0 Å². The summed E-state index contributed by atoms with van der Waals surface area (Å²) in [6, 6.07) is 0. The molecule has 0 radical (unpaired) electrons. The Hall–Kier alpha value is -1.86. The smallest absolute Gasteiger partial charge is 0.390 e. The summed E-state index contributed by atoms with van der Waals surface area (Å²) in [5.41, 5.74) is -1.03. The van der Waals surface area contributed by atoms with Gasteiger partial charge in [0.1, 0.15) is 0 Å². The molecule has 102 valence electrons. The molecule has 0 aromatic carbocycles. The number of alkyl halides is 4. The quantitative estimate of drug-likeness (QED) is 0.437. The number of carbonyl (C=O) groups is 2. The third-order valence-corrected chi connectivity index (χ3v) is 1.48. The summed E-state index contributed by atoms with van der Waals surface area (Å²) in [4.78, 5) is 21.5. The lowest BCUT2D eigenvalue weighted by Gasteiger charge is -2.24. The van der Waals surface area contributed by atoms with Gasteiger partial charge in [-0.15, -0.1) is 0 Å².